The number of Topliss-reactive ketones (excluding diaryl/α,β-unsaturated/α-hetero) is 2. The Kier molecular flexibility index (Phi) is 82.5. The molecule has 1 unspecified atom stereocenters. The number of unbranched alkanes of at least 4 members (excludes halogenated alkanes) is 3. The predicted octanol–water partition coefficient (Wildman–Crippen LogP) is -3.20. The van der Waals surface area contributed by atoms with Crippen LogP contribution in [0.4, 0.5) is 9.59 Å². The van der Waals surface area contributed by atoms with Crippen LogP contribution in [0.5, 0.6) is 0 Å². The maximum Gasteiger partial charge on any atom is 0.409 e. The van der Waals surface area contributed by atoms with Gasteiger partial charge in [-0.25, -0.2) is 9.59 Å². The molecule has 0 radical (unpaired) electrons. The van der Waals surface area contributed by atoms with Crippen molar-refractivity contribution in [3.63, 3.8) is 0 Å². The fraction of sp³-hybridized carbons (Fsp3) is 0.831. The summed E-state index contributed by atoms with van der Waals surface area (Å²) in [5, 5.41) is 73.1. The fourth-order valence-electron chi connectivity index (χ4n) is 12.0. The molecule has 2 aliphatic rings. The lowest BCUT2D eigenvalue weighted by atomic mass is 10.1. The van der Waals surface area contributed by atoms with Crippen LogP contribution in [0.2, 0.25) is 0 Å². The van der Waals surface area contributed by atoms with Crippen molar-refractivity contribution in [2.75, 3.05) is 368 Å². The minimum atomic E-state index is -1.35. The molecule has 4 amide bonds. The van der Waals surface area contributed by atoms with Crippen LogP contribution in [0.1, 0.15) is 79.1 Å². The molecule has 0 aromatic rings. The number of hydrogen-bond donors (Lipinski definition) is 11. The summed E-state index contributed by atoms with van der Waals surface area (Å²) in [5.41, 5.74) is 16.7. The van der Waals surface area contributed by atoms with E-state index in [4.69, 9.17) is 129 Å². The van der Waals surface area contributed by atoms with E-state index in [1.54, 1.807) is 19.6 Å². The standard InChI is InChI=1S/C29H46N6O18.C27H50N2O12.C26H55N5O7.CH4/c36-20(10-30(1-5-32(12-22(38)39)13-23(40)41)2-6-33(14-24(42)43)15-25(44)45)9-21(37)11-31(3-7-34(16-26(46)47)17-27(48)49)4-8-35(18-28(50)51)19-29(52)53;30-26(28-1-5-32-9-13-36-17-21-40-22-18-37-14-10-33-6-2-28)25-27(31)29-3-7-34-11-15-38-19-23-41-24-20-39-16-12-35-8-4-29;1-3-4-6-13-30(15-8-11-28)25(32)37-20-19-34-17-18-35-23-24(2)36-21-22-38-26(33)31(16-9-12-29)14-7-5-10-27;/h1-19H2,(H,38,39)(H,40,41)(H,42,43)(H,44,45)(H,46,47)(H,48,49)(H,50,51)(H,52,53);1-25H2;24H,3-23,27-29H2,1-2H3;1H4. The monoisotopic (exact) mass is 1930 g/mol. The lowest BCUT2D eigenvalue weighted by molar-refractivity contribution is -0.144. The van der Waals surface area contributed by atoms with Crippen molar-refractivity contribution in [1.29, 1.82) is 0 Å². The number of amides is 4. The number of ether oxygens (including phenoxy) is 15. The Morgan fingerprint density at radius 2 is 0.549 bits per heavy atom. The van der Waals surface area contributed by atoms with Gasteiger partial charge in [-0.05, 0) is 58.7 Å². The van der Waals surface area contributed by atoms with Crippen molar-refractivity contribution < 1.29 is 179 Å². The fourth-order valence-corrected chi connectivity index (χ4v) is 12.0. The Hall–Kier alpha value is -8.30. The van der Waals surface area contributed by atoms with E-state index in [2.05, 4.69) is 6.92 Å². The highest BCUT2D eigenvalue weighted by Gasteiger charge is 2.27. The molecular weight excluding hydrogens is 1770 g/mol. The van der Waals surface area contributed by atoms with Gasteiger partial charge < -0.3 is 149 Å². The van der Waals surface area contributed by atoms with Crippen LogP contribution in [-0.2, 0) is 129 Å². The molecule has 774 valence electrons. The summed E-state index contributed by atoms with van der Waals surface area (Å²) in [6, 6.07) is 0. The molecule has 133 heavy (non-hydrogen) atoms. The molecule has 2 fully saturated rings. The second-order valence-electron chi connectivity index (χ2n) is 29.9. The topological polar surface area (TPSA) is 650 Å². The zero-order valence-electron chi connectivity index (χ0n) is 77.2. The Labute approximate surface area is 779 Å². The number of carbonyl (C=O) groups is 14. The van der Waals surface area contributed by atoms with E-state index in [9.17, 15) is 67.1 Å². The molecule has 0 aliphatic carbocycles. The van der Waals surface area contributed by atoms with E-state index in [0.717, 1.165) is 64.5 Å². The number of ketones is 2. The van der Waals surface area contributed by atoms with Gasteiger partial charge in [-0.2, -0.15) is 0 Å². The SMILES string of the molecule is C.CCCCCN(CCCN)C(=O)OCCOCCOCC(C)OCCOC(=O)N(CCCN)CCCCN.O=C(CC(=O)N1CCOCCOCCOCCOCCOCC1)N1CCOCCOCCOCCOCCOCC1.O=C(O)CN(CCN(CCN(CC(=O)O)CC(=O)O)CC(=O)CC(=O)CN(CCN(CC(=O)O)CC(=O)O)CCN(CC(=O)O)CC(=O)O)CC(=O)O. The molecule has 0 aromatic heterocycles. The quantitative estimate of drug-likeness (QED) is 0.0211. The van der Waals surface area contributed by atoms with Crippen LogP contribution in [0.3, 0.4) is 0 Å². The van der Waals surface area contributed by atoms with Crippen molar-refractivity contribution in [1.82, 2.24) is 49.0 Å². The lowest BCUT2D eigenvalue weighted by Gasteiger charge is -2.28. The second-order valence-corrected chi connectivity index (χ2v) is 29.9. The maximum atomic E-state index is 13.2. The third-order valence-corrected chi connectivity index (χ3v) is 18.6. The van der Waals surface area contributed by atoms with E-state index in [1.165, 1.54) is 9.80 Å². The molecule has 0 spiro atoms. The smallest absolute Gasteiger partial charge is 0.409 e. The van der Waals surface area contributed by atoms with Gasteiger partial charge in [0.1, 0.15) is 19.6 Å². The van der Waals surface area contributed by atoms with Crippen molar-refractivity contribution >= 4 is 83.3 Å². The third kappa shape index (κ3) is 79.6. The van der Waals surface area contributed by atoms with Crippen molar-refractivity contribution in [3.05, 3.63) is 0 Å². The molecule has 50 heteroatoms. The maximum absolute atomic E-state index is 13.2. The number of rotatable bonds is 62. The van der Waals surface area contributed by atoms with E-state index >= 15 is 0 Å². The first kappa shape index (κ1) is 127. The minimum absolute atomic E-state index is 0. The molecule has 2 rings (SSSR count). The summed E-state index contributed by atoms with van der Waals surface area (Å²) >= 11 is 0. The van der Waals surface area contributed by atoms with Crippen LogP contribution in [0, 0.1) is 0 Å². The third-order valence-electron chi connectivity index (χ3n) is 18.6. The first-order chi connectivity index (χ1) is 63.4. The Morgan fingerprint density at radius 3 is 0.827 bits per heavy atom. The highest BCUT2D eigenvalue weighted by Crippen LogP contribution is 2.09. The Morgan fingerprint density at radius 1 is 0.301 bits per heavy atom. The molecule has 0 saturated carbocycles. The average molecular weight is 1930 g/mol. The molecule has 50 nitrogen and oxygen atoms in total. The van der Waals surface area contributed by atoms with Gasteiger partial charge in [-0.15, -0.1) is 0 Å². The number of carboxylic acids is 8. The van der Waals surface area contributed by atoms with Crippen LogP contribution in [0.25, 0.3) is 0 Å². The van der Waals surface area contributed by atoms with Gasteiger partial charge in [-0.1, -0.05) is 27.2 Å². The summed E-state index contributed by atoms with van der Waals surface area (Å²) in [4.78, 5) is 180. The molecule has 14 N–H and O–H groups in total. The number of carboxylic acid groups (broad SMARTS) is 8. The van der Waals surface area contributed by atoms with Gasteiger partial charge in [0, 0.05) is 105 Å². The summed E-state index contributed by atoms with van der Waals surface area (Å²) in [6.45, 7) is 12.2. The van der Waals surface area contributed by atoms with E-state index in [1.807, 2.05) is 6.92 Å². The van der Waals surface area contributed by atoms with E-state index < -0.39 is 131 Å². The normalized spacial score (nSPS) is 15.0. The highest BCUT2D eigenvalue weighted by atomic mass is 16.6. The van der Waals surface area contributed by atoms with Crippen molar-refractivity contribution in [3.8, 4) is 0 Å². The van der Waals surface area contributed by atoms with Crippen LogP contribution in [0.15, 0.2) is 0 Å². The summed E-state index contributed by atoms with van der Waals surface area (Å²) in [5.74, 6) is -12.8. The first-order valence-electron chi connectivity index (χ1n) is 44.6. The number of nitrogens with two attached hydrogens (primary N) is 3. The Balaban J connectivity index is 0. The molecule has 2 saturated heterocycles. The van der Waals surface area contributed by atoms with Gasteiger partial charge in [-0.3, -0.25) is 86.9 Å². The lowest BCUT2D eigenvalue weighted by Crippen LogP contribution is -2.46. The van der Waals surface area contributed by atoms with Gasteiger partial charge >= 0.3 is 59.9 Å². The van der Waals surface area contributed by atoms with Gasteiger partial charge in [0.05, 0.1) is 243 Å². The van der Waals surface area contributed by atoms with E-state index in [-0.39, 0.29) is 116 Å². The van der Waals surface area contributed by atoms with E-state index in [0.29, 0.717) is 231 Å². The van der Waals surface area contributed by atoms with Crippen LogP contribution < -0.4 is 17.2 Å². The van der Waals surface area contributed by atoms with Gasteiger partial charge in [0.15, 0.2) is 11.6 Å². The zero-order valence-corrected chi connectivity index (χ0v) is 77.2. The number of nitrogens with zero attached hydrogens (tertiary/aromatic N) is 10. The van der Waals surface area contributed by atoms with Crippen LogP contribution in [-0.4, -0.2) is 547 Å². The number of hydrogen-bond acceptors (Lipinski definition) is 38. The molecular formula is C83H155N13O37. The summed E-state index contributed by atoms with van der Waals surface area (Å²) in [6.07, 6.45) is 4.50. The highest BCUT2D eigenvalue weighted by molar-refractivity contribution is 6.01. The molecule has 1 atom stereocenters. The van der Waals surface area contributed by atoms with Gasteiger partial charge in [0.2, 0.25) is 11.8 Å². The van der Waals surface area contributed by atoms with Gasteiger partial charge in [0.25, 0.3) is 0 Å². The molecule has 2 heterocycles. The summed E-state index contributed by atoms with van der Waals surface area (Å²) < 4.78 is 82.6. The predicted molar refractivity (Wildman–Crippen MR) is 475 cm³/mol. The van der Waals surface area contributed by atoms with Crippen LogP contribution >= 0.6 is 0 Å². The summed E-state index contributed by atoms with van der Waals surface area (Å²) in [7, 11) is 0. The number of aliphatic carboxylic acids is 8. The average Bonchev–Trinajstić information content (AvgIpc) is 0.897. The van der Waals surface area contributed by atoms with Crippen molar-refractivity contribution in [2.24, 2.45) is 17.2 Å². The first-order valence-corrected chi connectivity index (χ1v) is 44.6. The minimum Gasteiger partial charge on any atom is -0.480 e. The second kappa shape index (κ2) is 86.5. The number of carbonyl (C=O) groups excluding carboxylic acids is 6. The molecule has 0 bridgehead atoms. The largest absolute Gasteiger partial charge is 0.480 e. The molecule has 0 aromatic carbocycles. The van der Waals surface area contributed by atoms with Crippen molar-refractivity contribution in [2.45, 2.75) is 85.2 Å². The zero-order chi connectivity index (χ0) is 98.0. The Bertz CT molecular complexity index is 2790. The molecule has 2 aliphatic heterocycles.